The van der Waals surface area contributed by atoms with Crippen molar-refractivity contribution in [1.29, 1.82) is 0 Å². The van der Waals surface area contributed by atoms with Gasteiger partial charge in [0.25, 0.3) is 0 Å². The number of aryl methyl sites for hydroxylation is 4. The molecule has 1 aliphatic rings. The van der Waals surface area contributed by atoms with E-state index in [2.05, 4.69) is 16.0 Å². The first kappa shape index (κ1) is 22.9. The summed E-state index contributed by atoms with van der Waals surface area (Å²) in [6.45, 7) is 9.24. The second-order valence-electron chi connectivity index (χ2n) is 8.02. The minimum absolute atomic E-state index is 0. The van der Waals surface area contributed by atoms with Gasteiger partial charge in [0.15, 0.2) is 0 Å². The fourth-order valence-electron chi connectivity index (χ4n) is 3.83. The number of nitrogens with one attached hydrogen (secondary N) is 3. The van der Waals surface area contributed by atoms with Crippen LogP contribution in [-0.4, -0.2) is 24.9 Å². The molecule has 1 aliphatic heterocycles. The van der Waals surface area contributed by atoms with E-state index in [4.69, 9.17) is 0 Å². The van der Waals surface area contributed by atoms with E-state index in [9.17, 15) is 9.59 Å². The second kappa shape index (κ2) is 9.42. The van der Waals surface area contributed by atoms with Crippen molar-refractivity contribution in [1.82, 2.24) is 5.32 Å². The summed E-state index contributed by atoms with van der Waals surface area (Å²) in [5.74, 6) is -0.230. The number of rotatable bonds is 5. The average Bonchev–Trinajstić information content (AvgIpc) is 3.09. The Hall–Kier alpha value is -2.37. The Morgan fingerprint density at radius 3 is 1.97 bits per heavy atom. The Labute approximate surface area is 179 Å². The van der Waals surface area contributed by atoms with E-state index in [1.54, 1.807) is 0 Å². The normalized spacial score (nSPS) is 18.1. The molecule has 0 radical (unpaired) electrons. The van der Waals surface area contributed by atoms with Crippen LogP contribution in [0.3, 0.4) is 0 Å². The molecule has 2 aromatic rings. The number of hydrogen-bond acceptors (Lipinski definition) is 3. The van der Waals surface area contributed by atoms with Crippen molar-refractivity contribution < 1.29 is 9.59 Å². The topological polar surface area (TPSA) is 70.2 Å². The lowest BCUT2D eigenvalue weighted by atomic mass is 9.82. The zero-order valence-electron chi connectivity index (χ0n) is 17.5. The summed E-state index contributed by atoms with van der Waals surface area (Å²) in [7, 11) is 0. The van der Waals surface area contributed by atoms with Gasteiger partial charge in [-0.2, -0.15) is 0 Å². The molecule has 1 saturated heterocycles. The van der Waals surface area contributed by atoms with E-state index < -0.39 is 5.41 Å². The first-order chi connectivity index (χ1) is 13.3. The monoisotopic (exact) mass is 415 g/mol. The molecule has 1 fully saturated rings. The predicted molar refractivity (Wildman–Crippen MR) is 121 cm³/mol. The highest BCUT2D eigenvalue weighted by atomic mass is 35.5. The van der Waals surface area contributed by atoms with E-state index in [-0.39, 0.29) is 30.6 Å². The molecule has 29 heavy (non-hydrogen) atoms. The molecule has 0 spiro atoms. The summed E-state index contributed by atoms with van der Waals surface area (Å²) in [5, 5.41) is 9.28. The fourth-order valence-corrected chi connectivity index (χ4v) is 3.83. The molecule has 2 aromatic carbocycles. The Bertz CT molecular complexity index is 905. The van der Waals surface area contributed by atoms with Crippen LogP contribution in [0.2, 0.25) is 0 Å². The largest absolute Gasteiger partial charge is 0.326 e. The van der Waals surface area contributed by atoms with E-state index in [1.807, 2.05) is 64.1 Å². The third-order valence-electron chi connectivity index (χ3n) is 5.51. The Kier molecular flexibility index (Phi) is 7.44. The van der Waals surface area contributed by atoms with Crippen molar-refractivity contribution in [3.8, 4) is 0 Å². The number of benzene rings is 2. The van der Waals surface area contributed by atoms with Crippen molar-refractivity contribution in [3.63, 3.8) is 0 Å². The van der Waals surface area contributed by atoms with Crippen molar-refractivity contribution in [3.05, 3.63) is 58.7 Å². The van der Waals surface area contributed by atoms with Gasteiger partial charge in [0.05, 0.1) is 5.41 Å². The zero-order valence-corrected chi connectivity index (χ0v) is 18.3. The van der Waals surface area contributed by atoms with Gasteiger partial charge in [0.1, 0.15) is 0 Å². The van der Waals surface area contributed by atoms with Crippen LogP contribution >= 0.6 is 12.4 Å². The van der Waals surface area contributed by atoms with E-state index in [0.29, 0.717) is 13.0 Å². The minimum atomic E-state index is -0.736. The molecule has 6 heteroatoms. The average molecular weight is 416 g/mol. The van der Waals surface area contributed by atoms with Gasteiger partial charge in [-0.25, -0.2) is 0 Å². The van der Waals surface area contributed by atoms with Gasteiger partial charge in [-0.3, -0.25) is 9.59 Å². The molecule has 156 valence electrons. The van der Waals surface area contributed by atoms with Crippen molar-refractivity contribution in [2.24, 2.45) is 5.41 Å². The third kappa shape index (κ3) is 5.37. The SMILES string of the molecule is Cc1ccc(NC(=O)CC2(C(=O)Nc3ccc(C)cc3C)CCNC2)c(C)c1.Cl. The third-order valence-corrected chi connectivity index (χ3v) is 5.51. The van der Waals surface area contributed by atoms with Crippen molar-refractivity contribution >= 4 is 35.6 Å². The second-order valence-corrected chi connectivity index (χ2v) is 8.02. The van der Waals surface area contributed by atoms with Gasteiger partial charge < -0.3 is 16.0 Å². The van der Waals surface area contributed by atoms with Gasteiger partial charge in [0, 0.05) is 24.3 Å². The van der Waals surface area contributed by atoms with Gasteiger partial charge >= 0.3 is 0 Å². The van der Waals surface area contributed by atoms with E-state index in [0.717, 1.165) is 40.2 Å². The predicted octanol–water partition coefficient (Wildman–Crippen LogP) is 4.29. The smallest absolute Gasteiger partial charge is 0.232 e. The molecule has 3 N–H and O–H groups in total. The molecule has 1 unspecified atom stereocenters. The van der Waals surface area contributed by atoms with Crippen molar-refractivity contribution in [2.75, 3.05) is 23.7 Å². The molecule has 5 nitrogen and oxygen atoms in total. The maximum Gasteiger partial charge on any atom is 0.232 e. The minimum Gasteiger partial charge on any atom is -0.326 e. The zero-order chi connectivity index (χ0) is 20.3. The van der Waals surface area contributed by atoms with Crippen LogP contribution in [0, 0.1) is 33.1 Å². The van der Waals surface area contributed by atoms with E-state index in [1.165, 1.54) is 0 Å². The lowest BCUT2D eigenvalue weighted by Gasteiger charge is -2.27. The number of hydrogen-bond donors (Lipinski definition) is 3. The summed E-state index contributed by atoms with van der Waals surface area (Å²) >= 11 is 0. The maximum atomic E-state index is 13.1. The highest BCUT2D eigenvalue weighted by Crippen LogP contribution is 2.33. The lowest BCUT2D eigenvalue weighted by Crippen LogP contribution is -2.41. The Morgan fingerprint density at radius 1 is 0.931 bits per heavy atom. The summed E-state index contributed by atoms with van der Waals surface area (Å²) in [4.78, 5) is 25.9. The highest BCUT2D eigenvalue weighted by Gasteiger charge is 2.43. The molecule has 2 amide bonds. The molecule has 1 heterocycles. The summed E-state index contributed by atoms with van der Waals surface area (Å²) < 4.78 is 0. The lowest BCUT2D eigenvalue weighted by molar-refractivity contribution is -0.129. The number of amides is 2. The molecule has 1 atom stereocenters. The summed E-state index contributed by atoms with van der Waals surface area (Å²) in [6, 6.07) is 11.9. The van der Waals surface area contributed by atoms with Crippen LogP contribution in [0.5, 0.6) is 0 Å². The van der Waals surface area contributed by atoms with Crippen LogP contribution in [-0.2, 0) is 9.59 Å². The fraction of sp³-hybridized carbons (Fsp3) is 0.391. The van der Waals surface area contributed by atoms with Crippen LogP contribution in [0.4, 0.5) is 11.4 Å². The molecule has 3 rings (SSSR count). The summed E-state index contributed by atoms with van der Waals surface area (Å²) in [5.41, 5.74) is 5.21. The first-order valence-corrected chi connectivity index (χ1v) is 9.76. The van der Waals surface area contributed by atoms with Crippen LogP contribution in [0.1, 0.15) is 35.1 Å². The molecular weight excluding hydrogens is 386 g/mol. The van der Waals surface area contributed by atoms with Crippen LogP contribution in [0.25, 0.3) is 0 Å². The molecule has 0 aromatic heterocycles. The Balaban J connectivity index is 0.00000300. The molecule has 0 bridgehead atoms. The summed E-state index contributed by atoms with van der Waals surface area (Å²) in [6.07, 6.45) is 0.800. The van der Waals surface area contributed by atoms with Gasteiger partial charge in [-0.05, 0) is 63.9 Å². The van der Waals surface area contributed by atoms with Gasteiger partial charge in [-0.15, -0.1) is 12.4 Å². The Morgan fingerprint density at radius 2 is 1.48 bits per heavy atom. The molecule has 0 saturated carbocycles. The number of halogens is 1. The van der Waals surface area contributed by atoms with Gasteiger partial charge in [0.2, 0.25) is 11.8 Å². The van der Waals surface area contributed by atoms with Gasteiger partial charge in [-0.1, -0.05) is 35.4 Å². The van der Waals surface area contributed by atoms with Crippen LogP contribution in [0.15, 0.2) is 36.4 Å². The quantitative estimate of drug-likeness (QED) is 0.682. The first-order valence-electron chi connectivity index (χ1n) is 9.76. The standard InChI is InChI=1S/C23H29N3O2.ClH/c1-15-5-7-19(17(3)11-15)25-21(27)13-23(9-10-24-14-23)22(28)26-20-8-6-16(2)12-18(20)4;/h5-8,11-12,24H,9-10,13-14H2,1-4H3,(H,25,27)(H,26,28);1H. The highest BCUT2D eigenvalue weighted by molar-refractivity contribution is 6.01. The van der Waals surface area contributed by atoms with Crippen molar-refractivity contribution in [2.45, 2.75) is 40.5 Å². The maximum absolute atomic E-state index is 13.1. The molecule has 0 aliphatic carbocycles. The molecular formula is C23H30ClN3O2. The number of carbonyl (C=O) groups is 2. The number of anilines is 2. The van der Waals surface area contributed by atoms with Crippen LogP contribution < -0.4 is 16.0 Å². The van der Waals surface area contributed by atoms with E-state index >= 15 is 0 Å². The number of carbonyl (C=O) groups excluding carboxylic acids is 2.